The summed E-state index contributed by atoms with van der Waals surface area (Å²) in [5, 5.41) is 2.90. The Morgan fingerprint density at radius 1 is 1.06 bits per heavy atom. The van der Waals surface area contributed by atoms with Crippen LogP contribution in [0, 0.1) is 11.8 Å². The summed E-state index contributed by atoms with van der Waals surface area (Å²) < 4.78 is 11.9. The van der Waals surface area contributed by atoms with Crippen molar-refractivity contribution in [2.45, 2.75) is 39.0 Å². The van der Waals surface area contributed by atoms with E-state index in [-0.39, 0.29) is 18.1 Å². The average Bonchev–Trinajstić information content (AvgIpc) is 3.21. The molecule has 0 aromatic heterocycles. The number of fused-ring (bicyclic) bond motifs is 1. The van der Waals surface area contributed by atoms with E-state index < -0.39 is 0 Å². The summed E-state index contributed by atoms with van der Waals surface area (Å²) in [7, 11) is 0. The van der Waals surface area contributed by atoms with Gasteiger partial charge in [-0.05, 0) is 54.4 Å². The molecule has 4 rings (SSSR count). The molecular weight excluding hydrogens is 386 g/mol. The molecule has 1 amide bonds. The Balaban J connectivity index is 1.37. The number of amides is 1. The van der Waals surface area contributed by atoms with Crippen molar-refractivity contribution in [3.63, 3.8) is 0 Å². The molecule has 0 saturated carbocycles. The fourth-order valence-corrected chi connectivity index (χ4v) is 3.54. The molecule has 0 radical (unpaired) electrons. The molecular formula is C27H25NO3. The maximum atomic E-state index is 11.3. The normalized spacial score (nSPS) is 15.1. The monoisotopic (exact) mass is 411 g/mol. The highest BCUT2D eigenvalue weighted by Gasteiger charge is 2.28. The Kier molecular flexibility index (Phi) is 6.24. The van der Waals surface area contributed by atoms with E-state index >= 15 is 0 Å². The standard InChI is InChI=1S/C27H25NO3/c1-19(28-20(2)29)26-17-24-13-10-22(16-27(24)31-26)9-8-21-11-14-25(15-12-21)30-18-23-6-4-3-5-7-23/h3-7,10-16,19,26H,17-18H2,1-2H3,(H,28,29)/t19-,26-/m0/s1. The molecule has 0 fully saturated rings. The molecule has 31 heavy (non-hydrogen) atoms. The molecule has 0 aliphatic carbocycles. The van der Waals surface area contributed by atoms with Gasteiger partial charge in [0.25, 0.3) is 0 Å². The number of ether oxygens (including phenoxy) is 2. The van der Waals surface area contributed by atoms with Crippen molar-refractivity contribution in [2.24, 2.45) is 0 Å². The minimum Gasteiger partial charge on any atom is -0.489 e. The highest BCUT2D eigenvalue weighted by Crippen LogP contribution is 2.31. The number of hydrogen-bond acceptors (Lipinski definition) is 3. The number of nitrogens with one attached hydrogen (secondary N) is 1. The van der Waals surface area contributed by atoms with E-state index in [1.807, 2.05) is 73.7 Å². The first kappa shape index (κ1) is 20.6. The molecule has 1 aliphatic heterocycles. The molecule has 0 unspecified atom stereocenters. The maximum absolute atomic E-state index is 11.3. The molecule has 4 nitrogen and oxygen atoms in total. The number of rotatable bonds is 5. The van der Waals surface area contributed by atoms with Crippen LogP contribution in [0.5, 0.6) is 11.5 Å². The lowest BCUT2D eigenvalue weighted by Gasteiger charge is -2.19. The second-order valence-electron chi connectivity index (χ2n) is 7.72. The Morgan fingerprint density at radius 3 is 2.52 bits per heavy atom. The third-order valence-corrected chi connectivity index (χ3v) is 5.21. The fraction of sp³-hybridized carbons (Fsp3) is 0.222. The van der Waals surface area contributed by atoms with Crippen molar-refractivity contribution in [1.29, 1.82) is 0 Å². The van der Waals surface area contributed by atoms with Crippen molar-refractivity contribution in [1.82, 2.24) is 5.32 Å². The van der Waals surface area contributed by atoms with Crippen molar-refractivity contribution in [3.8, 4) is 23.3 Å². The average molecular weight is 412 g/mol. The quantitative estimate of drug-likeness (QED) is 0.629. The zero-order valence-corrected chi connectivity index (χ0v) is 17.7. The first-order valence-corrected chi connectivity index (χ1v) is 10.4. The predicted octanol–water partition coefficient (Wildman–Crippen LogP) is 4.49. The van der Waals surface area contributed by atoms with Crippen LogP contribution in [0.3, 0.4) is 0 Å². The van der Waals surface area contributed by atoms with Crippen molar-refractivity contribution >= 4 is 5.91 Å². The molecule has 3 aromatic carbocycles. The molecule has 156 valence electrons. The number of hydrogen-bond donors (Lipinski definition) is 1. The molecule has 1 heterocycles. The first-order chi connectivity index (χ1) is 15.1. The van der Waals surface area contributed by atoms with Gasteiger partial charge in [-0.3, -0.25) is 4.79 Å². The molecule has 4 heteroatoms. The molecule has 0 spiro atoms. The Hall–Kier alpha value is -3.71. The summed E-state index contributed by atoms with van der Waals surface area (Å²) in [4.78, 5) is 11.3. The lowest BCUT2D eigenvalue weighted by Crippen LogP contribution is -2.42. The Bertz CT molecular complexity index is 1110. The van der Waals surface area contributed by atoms with E-state index in [2.05, 4.69) is 23.2 Å². The summed E-state index contributed by atoms with van der Waals surface area (Å²) in [6, 6.07) is 23.9. The van der Waals surface area contributed by atoms with Gasteiger partial charge in [-0.15, -0.1) is 0 Å². The minimum absolute atomic E-state index is 0.0398. The Morgan fingerprint density at radius 2 is 1.77 bits per heavy atom. The van der Waals surface area contributed by atoms with E-state index in [9.17, 15) is 4.79 Å². The molecule has 2 atom stereocenters. The van der Waals surface area contributed by atoms with Crippen LogP contribution in [0.25, 0.3) is 0 Å². The van der Waals surface area contributed by atoms with Crippen LogP contribution in [0.1, 0.15) is 36.1 Å². The van der Waals surface area contributed by atoms with Crippen LogP contribution >= 0.6 is 0 Å². The largest absolute Gasteiger partial charge is 0.489 e. The van der Waals surface area contributed by atoms with Gasteiger partial charge in [0.05, 0.1) is 6.04 Å². The number of carbonyl (C=O) groups excluding carboxylic acids is 1. The van der Waals surface area contributed by atoms with Crippen molar-refractivity contribution in [2.75, 3.05) is 0 Å². The zero-order chi connectivity index (χ0) is 21.6. The lowest BCUT2D eigenvalue weighted by molar-refractivity contribution is -0.120. The fourth-order valence-electron chi connectivity index (χ4n) is 3.54. The van der Waals surface area contributed by atoms with E-state index in [0.29, 0.717) is 6.61 Å². The first-order valence-electron chi connectivity index (χ1n) is 10.4. The minimum atomic E-state index is -0.0504. The van der Waals surface area contributed by atoms with E-state index in [1.165, 1.54) is 6.92 Å². The van der Waals surface area contributed by atoms with Gasteiger partial charge in [0, 0.05) is 24.5 Å². The molecule has 3 aromatic rings. The lowest BCUT2D eigenvalue weighted by atomic mass is 10.0. The molecule has 1 aliphatic rings. The van der Waals surface area contributed by atoms with E-state index in [4.69, 9.17) is 9.47 Å². The SMILES string of the molecule is CC(=O)N[C@@H](C)[C@@H]1Cc2ccc(C#Cc3ccc(OCc4ccccc4)cc3)cc2O1. The van der Waals surface area contributed by atoms with Crippen LogP contribution in [0.4, 0.5) is 0 Å². The van der Waals surface area contributed by atoms with E-state index in [1.54, 1.807) is 0 Å². The second kappa shape index (κ2) is 9.40. The van der Waals surface area contributed by atoms with Gasteiger partial charge >= 0.3 is 0 Å². The second-order valence-corrected chi connectivity index (χ2v) is 7.72. The third kappa shape index (κ3) is 5.46. The third-order valence-electron chi connectivity index (χ3n) is 5.21. The highest BCUT2D eigenvalue weighted by atomic mass is 16.5. The molecule has 1 N–H and O–H groups in total. The van der Waals surface area contributed by atoms with Crippen LogP contribution in [-0.4, -0.2) is 18.1 Å². The van der Waals surface area contributed by atoms with Crippen molar-refractivity contribution < 1.29 is 14.3 Å². The van der Waals surface area contributed by atoms with Crippen LogP contribution < -0.4 is 14.8 Å². The van der Waals surface area contributed by atoms with E-state index in [0.717, 1.165) is 40.2 Å². The summed E-state index contributed by atoms with van der Waals surface area (Å²) >= 11 is 0. The van der Waals surface area contributed by atoms with Crippen LogP contribution in [0.2, 0.25) is 0 Å². The topological polar surface area (TPSA) is 47.6 Å². The van der Waals surface area contributed by atoms with Crippen LogP contribution in [0.15, 0.2) is 72.8 Å². The van der Waals surface area contributed by atoms with Crippen molar-refractivity contribution in [3.05, 3.63) is 95.1 Å². The summed E-state index contributed by atoms with van der Waals surface area (Å²) in [5.74, 6) is 8.02. The number of benzene rings is 3. The number of carbonyl (C=O) groups is 1. The van der Waals surface area contributed by atoms with Gasteiger partial charge in [-0.1, -0.05) is 48.2 Å². The van der Waals surface area contributed by atoms with Gasteiger partial charge < -0.3 is 14.8 Å². The van der Waals surface area contributed by atoms with Gasteiger partial charge in [0.2, 0.25) is 5.91 Å². The Labute approximate surface area is 183 Å². The van der Waals surface area contributed by atoms with Gasteiger partial charge in [-0.25, -0.2) is 0 Å². The van der Waals surface area contributed by atoms with Crippen LogP contribution in [-0.2, 0) is 17.8 Å². The molecule has 0 saturated heterocycles. The maximum Gasteiger partial charge on any atom is 0.217 e. The predicted molar refractivity (Wildman–Crippen MR) is 121 cm³/mol. The molecule has 0 bridgehead atoms. The summed E-state index contributed by atoms with van der Waals surface area (Å²) in [6.45, 7) is 4.03. The summed E-state index contributed by atoms with van der Waals surface area (Å²) in [5.41, 5.74) is 4.10. The summed E-state index contributed by atoms with van der Waals surface area (Å²) in [6.07, 6.45) is 0.736. The van der Waals surface area contributed by atoms with Gasteiger partial charge in [-0.2, -0.15) is 0 Å². The highest BCUT2D eigenvalue weighted by molar-refractivity contribution is 5.73. The zero-order valence-electron chi connectivity index (χ0n) is 17.7. The smallest absolute Gasteiger partial charge is 0.217 e. The van der Waals surface area contributed by atoms with Gasteiger partial charge in [0.15, 0.2) is 0 Å². The van der Waals surface area contributed by atoms with Gasteiger partial charge in [0.1, 0.15) is 24.2 Å².